The van der Waals surface area contributed by atoms with Gasteiger partial charge in [0.25, 0.3) is 11.1 Å². The van der Waals surface area contributed by atoms with E-state index in [1.54, 1.807) is 12.1 Å². The van der Waals surface area contributed by atoms with Gasteiger partial charge in [0.1, 0.15) is 0 Å². The number of aryl methyl sites for hydroxylation is 1. The molecule has 3 nitrogen and oxygen atoms in total. The van der Waals surface area contributed by atoms with Crippen molar-refractivity contribution in [2.24, 2.45) is 0 Å². The molecular formula is C23H19NO2. The van der Waals surface area contributed by atoms with Crippen LogP contribution in [0.1, 0.15) is 12.0 Å². The van der Waals surface area contributed by atoms with Crippen molar-refractivity contribution in [2.75, 3.05) is 0 Å². The lowest BCUT2D eigenvalue weighted by molar-refractivity contribution is 0.614. The molecule has 0 aliphatic heterocycles. The summed E-state index contributed by atoms with van der Waals surface area (Å²) in [4.78, 5) is 26.1. The molecule has 3 aromatic carbocycles. The molecule has 0 radical (unpaired) electrons. The third-order valence-electron chi connectivity index (χ3n) is 4.79. The summed E-state index contributed by atoms with van der Waals surface area (Å²) in [7, 11) is 0. The molecule has 0 fully saturated rings. The zero-order chi connectivity index (χ0) is 17.9. The molecule has 26 heavy (non-hydrogen) atoms. The van der Waals surface area contributed by atoms with Crippen LogP contribution in [0.3, 0.4) is 0 Å². The maximum absolute atomic E-state index is 13.1. The molecule has 0 atom stereocenters. The second-order valence-electron chi connectivity index (χ2n) is 6.44. The number of fused-ring (bicyclic) bond motifs is 3. The molecular weight excluding hydrogens is 322 g/mol. The van der Waals surface area contributed by atoms with Crippen LogP contribution in [-0.4, -0.2) is 4.57 Å². The van der Waals surface area contributed by atoms with Gasteiger partial charge < -0.3 is 0 Å². The topological polar surface area (TPSA) is 39.1 Å². The predicted octanol–water partition coefficient (Wildman–Crippen LogP) is 4.15. The number of nitrogens with zero attached hydrogens (tertiary/aromatic N) is 1. The number of hydrogen-bond acceptors (Lipinski definition) is 2. The lowest BCUT2D eigenvalue weighted by atomic mass is 10.1. The molecule has 0 saturated heterocycles. The molecule has 0 N–H and O–H groups in total. The Hall–Kier alpha value is -3.20. The van der Waals surface area contributed by atoms with Crippen molar-refractivity contribution in [1.29, 1.82) is 0 Å². The van der Waals surface area contributed by atoms with E-state index in [9.17, 15) is 9.59 Å². The van der Waals surface area contributed by atoms with Gasteiger partial charge in [0.2, 0.25) is 0 Å². The molecule has 0 amide bonds. The van der Waals surface area contributed by atoms with E-state index in [2.05, 4.69) is 12.1 Å². The standard InChI is InChI=1S/C23H19NO2/c25-22-20-14-6-4-12-18(20)19-13-5-7-15-21(19)23(26)24(22)16-8-11-17-9-2-1-3-10-17/h1-7,9-10,12-15H,8,11,16H2. The predicted molar refractivity (Wildman–Crippen MR) is 107 cm³/mol. The van der Waals surface area contributed by atoms with E-state index in [0.29, 0.717) is 17.3 Å². The normalized spacial score (nSPS) is 11.1. The van der Waals surface area contributed by atoms with Gasteiger partial charge in [0.15, 0.2) is 0 Å². The summed E-state index contributed by atoms with van der Waals surface area (Å²) in [5.41, 5.74) is 0.785. The third kappa shape index (κ3) is 2.93. The summed E-state index contributed by atoms with van der Waals surface area (Å²) < 4.78 is 1.40. The van der Waals surface area contributed by atoms with Crippen LogP contribution < -0.4 is 11.1 Å². The van der Waals surface area contributed by atoms with Crippen molar-refractivity contribution in [3.63, 3.8) is 0 Å². The average Bonchev–Trinajstić information content (AvgIpc) is 2.79. The molecule has 3 heteroatoms. The van der Waals surface area contributed by atoms with E-state index in [0.717, 1.165) is 23.6 Å². The van der Waals surface area contributed by atoms with Gasteiger partial charge in [-0.1, -0.05) is 66.7 Å². The minimum absolute atomic E-state index is 0.213. The van der Waals surface area contributed by atoms with Crippen molar-refractivity contribution in [2.45, 2.75) is 19.4 Å². The van der Waals surface area contributed by atoms with E-state index in [4.69, 9.17) is 0 Å². The maximum Gasteiger partial charge on any atom is 0.261 e. The molecule has 0 aliphatic rings. The molecule has 4 rings (SSSR count). The first-order valence-corrected chi connectivity index (χ1v) is 8.84. The fourth-order valence-electron chi connectivity index (χ4n) is 3.48. The lowest BCUT2D eigenvalue weighted by Crippen LogP contribution is -2.30. The number of benzene rings is 3. The van der Waals surface area contributed by atoms with Gasteiger partial charge in [-0.2, -0.15) is 0 Å². The van der Waals surface area contributed by atoms with Crippen molar-refractivity contribution >= 4 is 21.5 Å². The highest BCUT2D eigenvalue weighted by molar-refractivity contribution is 6.05. The van der Waals surface area contributed by atoms with Crippen LogP contribution >= 0.6 is 0 Å². The van der Waals surface area contributed by atoms with Gasteiger partial charge in [-0.15, -0.1) is 0 Å². The number of aromatic nitrogens is 1. The Balaban J connectivity index is 1.86. The van der Waals surface area contributed by atoms with E-state index in [1.165, 1.54) is 10.1 Å². The number of hydrogen-bond donors (Lipinski definition) is 0. The Morgan fingerprint density at radius 1 is 0.577 bits per heavy atom. The van der Waals surface area contributed by atoms with Crippen LogP contribution in [0.15, 0.2) is 88.5 Å². The Morgan fingerprint density at radius 3 is 1.58 bits per heavy atom. The first-order chi connectivity index (χ1) is 12.8. The number of rotatable bonds is 4. The van der Waals surface area contributed by atoms with E-state index >= 15 is 0 Å². The highest BCUT2D eigenvalue weighted by atomic mass is 16.2. The monoisotopic (exact) mass is 341 g/mol. The van der Waals surface area contributed by atoms with Gasteiger partial charge >= 0.3 is 0 Å². The summed E-state index contributed by atoms with van der Waals surface area (Å²) in [6.45, 7) is 0.412. The minimum atomic E-state index is -0.213. The molecule has 0 spiro atoms. The maximum atomic E-state index is 13.1. The largest absolute Gasteiger partial charge is 0.274 e. The van der Waals surface area contributed by atoms with Crippen molar-refractivity contribution in [1.82, 2.24) is 4.57 Å². The first kappa shape index (κ1) is 16.3. The Bertz CT molecular complexity index is 1120. The van der Waals surface area contributed by atoms with E-state index in [1.807, 2.05) is 54.6 Å². The summed E-state index contributed by atoms with van der Waals surface area (Å²) >= 11 is 0. The minimum Gasteiger partial charge on any atom is -0.274 e. The van der Waals surface area contributed by atoms with Crippen molar-refractivity contribution in [3.8, 4) is 0 Å². The van der Waals surface area contributed by atoms with Crippen LogP contribution in [0, 0.1) is 0 Å². The molecule has 128 valence electrons. The van der Waals surface area contributed by atoms with Crippen LogP contribution in [0.5, 0.6) is 0 Å². The van der Waals surface area contributed by atoms with E-state index < -0.39 is 0 Å². The Morgan fingerprint density at radius 2 is 1.04 bits per heavy atom. The molecule has 1 aromatic heterocycles. The first-order valence-electron chi connectivity index (χ1n) is 8.84. The van der Waals surface area contributed by atoms with Crippen LogP contribution in [0.25, 0.3) is 21.5 Å². The van der Waals surface area contributed by atoms with Crippen LogP contribution in [-0.2, 0) is 13.0 Å². The zero-order valence-electron chi connectivity index (χ0n) is 14.4. The van der Waals surface area contributed by atoms with Crippen LogP contribution in [0.2, 0.25) is 0 Å². The Labute approximate surface area is 151 Å². The molecule has 0 aliphatic carbocycles. The van der Waals surface area contributed by atoms with Crippen LogP contribution in [0.4, 0.5) is 0 Å². The zero-order valence-corrected chi connectivity index (χ0v) is 14.4. The molecule has 0 unspecified atom stereocenters. The quantitative estimate of drug-likeness (QED) is 0.559. The second-order valence-corrected chi connectivity index (χ2v) is 6.44. The Kier molecular flexibility index (Phi) is 4.36. The summed E-state index contributed by atoms with van der Waals surface area (Å²) in [5, 5.41) is 2.83. The molecule has 0 saturated carbocycles. The van der Waals surface area contributed by atoms with Gasteiger partial charge in [0, 0.05) is 17.3 Å². The van der Waals surface area contributed by atoms with E-state index in [-0.39, 0.29) is 11.1 Å². The highest BCUT2D eigenvalue weighted by Crippen LogP contribution is 2.19. The summed E-state index contributed by atoms with van der Waals surface area (Å²) in [6.07, 6.45) is 1.58. The van der Waals surface area contributed by atoms with Gasteiger partial charge in [-0.05, 0) is 41.3 Å². The molecule has 1 heterocycles. The third-order valence-corrected chi connectivity index (χ3v) is 4.79. The molecule has 4 aromatic rings. The average molecular weight is 341 g/mol. The summed E-state index contributed by atoms with van der Waals surface area (Å²) in [6, 6.07) is 25.0. The fourth-order valence-corrected chi connectivity index (χ4v) is 3.48. The highest BCUT2D eigenvalue weighted by Gasteiger charge is 2.10. The van der Waals surface area contributed by atoms with Crippen molar-refractivity contribution < 1.29 is 0 Å². The van der Waals surface area contributed by atoms with Gasteiger partial charge in [-0.25, -0.2) is 0 Å². The molecule has 0 bridgehead atoms. The second kappa shape index (κ2) is 6.96. The van der Waals surface area contributed by atoms with Gasteiger partial charge in [-0.3, -0.25) is 14.2 Å². The summed E-state index contributed by atoms with van der Waals surface area (Å²) in [5.74, 6) is 0. The fraction of sp³-hybridized carbons (Fsp3) is 0.130. The van der Waals surface area contributed by atoms with Gasteiger partial charge in [0.05, 0.1) is 0 Å². The smallest absolute Gasteiger partial charge is 0.261 e. The SMILES string of the molecule is O=c1c2ccccc2c2ccccc2c(=O)n1CCCc1ccccc1. The lowest BCUT2D eigenvalue weighted by Gasteiger charge is -2.03. The van der Waals surface area contributed by atoms with Crippen molar-refractivity contribution in [3.05, 3.63) is 105 Å².